The van der Waals surface area contributed by atoms with E-state index in [1.54, 1.807) is 0 Å². The number of benzene rings is 4. The summed E-state index contributed by atoms with van der Waals surface area (Å²) in [6.45, 7) is 4.34. The molecule has 0 fully saturated rings. The van der Waals surface area contributed by atoms with Crippen LogP contribution in [0.2, 0.25) is 0 Å². The molecule has 6 aromatic carbocycles. The molecule has 0 saturated heterocycles. The number of rotatable bonds is 6. The summed E-state index contributed by atoms with van der Waals surface area (Å²) < 4.78 is 11.9. The van der Waals surface area contributed by atoms with Gasteiger partial charge in [-0.25, -0.2) is 0 Å². The van der Waals surface area contributed by atoms with Gasteiger partial charge in [0.05, 0.1) is 23.0 Å². The van der Waals surface area contributed by atoms with Crippen molar-refractivity contribution in [3.8, 4) is 22.6 Å². The van der Waals surface area contributed by atoms with E-state index in [4.69, 9.17) is 8.83 Å². The zero-order chi connectivity index (χ0) is 28.5. The van der Waals surface area contributed by atoms with E-state index in [0.717, 1.165) is 48.7 Å². The van der Waals surface area contributed by atoms with E-state index in [1.807, 2.05) is 0 Å². The summed E-state index contributed by atoms with van der Waals surface area (Å²) in [5, 5.41) is 10.3. The first-order chi connectivity index (χ1) is 20.7. The van der Waals surface area contributed by atoms with Gasteiger partial charge in [0.1, 0.15) is 0 Å². The van der Waals surface area contributed by atoms with Crippen molar-refractivity contribution in [2.45, 2.75) is 39.5 Å². The van der Waals surface area contributed by atoms with Crippen LogP contribution in [0.1, 0.15) is 38.2 Å². The Morgan fingerprint density at radius 3 is 1.33 bits per heavy atom. The van der Waals surface area contributed by atoms with Crippen molar-refractivity contribution < 1.29 is 59.5 Å². The maximum absolute atomic E-state index is 5.95. The Hall–Kier alpha value is -3.37. The molecule has 8 rings (SSSR count). The van der Waals surface area contributed by atoms with Gasteiger partial charge in [0.25, 0.3) is 0 Å². The summed E-state index contributed by atoms with van der Waals surface area (Å²) in [6.07, 6.45) is 4.23. The fourth-order valence-corrected chi connectivity index (χ4v) is 6.04. The molecule has 2 nitrogen and oxygen atoms in total. The SMILES string of the molecule is CCCc1ccc(-c2cc3c(ccc4ccccc43)[cH-]2)o1.CCCc1ccc(-c2cc3c(ccc4ccccc43)[cH-]2)o1.[Cl-].[Cl-].[Hf+4]. The molecule has 0 amide bonds. The maximum Gasteiger partial charge on any atom is 4.00 e. The van der Waals surface area contributed by atoms with Crippen LogP contribution in [0.5, 0.6) is 0 Å². The monoisotopic (exact) mass is 796 g/mol. The van der Waals surface area contributed by atoms with E-state index in [-0.39, 0.29) is 50.7 Å². The Balaban J connectivity index is 0.000000192. The van der Waals surface area contributed by atoms with Gasteiger partial charge >= 0.3 is 25.8 Å². The zero-order valence-electron chi connectivity index (χ0n) is 25.4. The van der Waals surface area contributed by atoms with E-state index in [2.05, 4.69) is 135 Å². The molecule has 0 aliphatic rings. The third kappa shape index (κ3) is 7.07. The van der Waals surface area contributed by atoms with Crippen molar-refractivity contribution >= 4 is 43.1 Å². The molecule has 224 valence electrons. The molecular formula is C40H34Cl2HfO2. The second-order valence-electron chi connectivity index (χ2n) is 11.1. The Labute approximate surface area is 295 Å². The molecule has 0 spiro atoms. The van der Waals surface area contributed by atoms with Gasteiger partial charge in [0.15, 0.2) is 0 Å². The number of halogens is 2. The van der Waals surface area contributed by atoms with Crippen LogP contribution in [0.4, 0.5) is 0 Å². The second-order valence-corrected chi connectivity index (χ2v) is 11.1. The Morgan fingerprint density at radius 1 is 0.489 bits per heavy atom. The second kappa shape index (κ2) is 15.3. The van der Waals surface area contributed by atoms with Gasteiger partial charge in [-0.2, -0.15) is 0 Å². The summed E-state index contributed by atoms with van der Waals surface area (Å²) in [5.74, 6) is 4.09. The van der Waals surface area contributed by atoms with Gasteiger partial charge in [0.2, 0.25) is 0 Å². The van der Waals surface area contributed by atoms with E-state index < -0.39 is 0 Å². The molecule has 0 N–H and O–H groups in total. The van der Waals surface area contributed by atoms with Gasteiger partial charge in [-0.15, -0.1) is 57.9 Å². The molecule has 45 heavy (non-hydrogen) atoms. The number of hydrogen-bond acceptors (Lipinski definition) is 2. The quantitative estimate of drug-likeness (QED) is 0.156. The predicted octanol–water partition coefficient (Wildman–Crippen LogP) is 5.85. The molecule has 2 heterocycles. The predicted molar refractivity (Wildman–Crippen MR) is 177 cm³/mol. The molecule has 8 aromatic rings. The third-order valence-corrected chi connectivity index (χ3v) is 8.12. The van der Waals surface area contributed by atoms with Crippen LogP contribution in [-0.2, 0) is 38.7 Å². The minimum absolute atomic E-state index is 0. The van der Waals surface area contributed by atoms with E-state index in [9.17, 15) is 0 Å². The Morgan fingerprint density at radius 2 is 0.911 bits per heavy atom. The molecule has 0 aliphatic carbocycles. The zero-order valence-corrected chi connectivity index (χ0v) is 30.6. The topological polar surface area (TPSA) is 26.3 Å². The van der Waals surface area contributed by atoms with Gasteiger partial charge in [0, 0.05) is 12.8 Å². The van der Waals surface area contributed by atoms with Crippen molar-refractivity contribution in [2.24, 2.45) is 0 Å². The molecule has 0 bridgehead atoms. The fraction of sp³-hybridized carbons (Fsp3) is 0.150. The third-order valence-electron chi connectivity index (χ3n) is 8.12. The van der Waals surface area contributed by atoms with Crippen LogP contribution in [0.3, 0.4) is 0 Å². The van der Waals surface area contributed by atoms with Crippen molar-refractivity contribution in [2.75, 3.05) is 0 Å². The summed E-state index contributed by atoms with van der Waals surface area (Å²) >= 11 is 0. The van der Waals surface area contributed by atoms with E-state index >= 15 is 0 Å². The minimum Gasteiger partial charge on any atom is -1.00 e. The minimum atomic E-state index is 0. The molecular weight excluding hydrogens is 762 g/mol. The summed E-state index contributed by atoms with van der Waals surface area (Å²) in [6, 6.07) is 43.1. The molecule has 0 atom stereocenters. The number of aryl methyl sites for hydroxylation is 2. The maximum atomic E-state index is 5.95. The van der Waals surface area contributed by atoms with Crippen molar-refractivity contribution in [1.82, 2.24) is 0 Å². The van der Waals surface area contributed by atoms with Crippen molar-refractivity contribution in [3.63, 3.8) is 0 Å². The first-order valence-electron chi connectivity index (χ1n) is 15.0. The molecule has 0 aliphatic heterocycles. The van der Waals surface area contributed by atoms with Crippen molar-refractivity contribution in [1.29, 1.82) is 0 Å². The fourth-order valence-electron chi connectivity index (χ4n) is 6.04. The average molecular weight is 796 g/mol. The Bertz CT molecular complexity index is 1990. The van der Waals surface area contributed by atoms with E-state index in [1.165, 1.54) is 54.2 Å². The van der Waals surface area contributed by atoms with Crippen LogP contribution in [0.25, 0.3) is 65.7 Å². The van der Waals surface area contributed by atoms with Crippen LogP contribution >= 0.6 is 0 Å². The van der Waals surface area contributed by atoms with Gasteiger partial charge in [-0.05, 0) is 47.9 Å². The number of fused-ring (bicyclic) bond motifs is 6. The summed E-state index contributed by atoms with van der Waals surface area (Å²) in [4.78, 5) is 0. The van der Waals surface area contributed by atoms with Gasteiger partial charge in [-0.1, -0.05) is 96.4 Å². The smallest absolute Gasteiger partial charge is 1.00 e. The molecule has 0 unspecified atom stereocenters. The average Bonchev–Trinajstić information content (AvgIpc) is 3.83. The number of furan rings is 2. The largest absolute Gasteiger partial charge is 4.00 e. The molecule has 0 saturated carbocycles. The van der Waals surface area contributed by atoms with Crippen LogP contribution in [0, 0.1) is 0 Å². The summed E-state index contributed by atoms with van der Waals surface area (Å²) in [7, 11) is 0. The standard InChI is InChI=1S/2C20H17O.2ClH.Hf/c2*1-2-5-17-10-11-20(21-17)16-12-15-9-8-14-6-3-4-7-18(14)19(15)13-16;;;/h2*3-4,6-13H,2,5H2,1H3;2*1H;/q2*-1;;;+4/p-2. The van der Waals surface area contributed by atoms with Gasteiger partial charge in [-0.3, -0.25) is 0 Å². The van der Waals surface area contributed by atoms with Crippen LogP contribution in [-0.4, -0.2) is 0 Å². The van der Waals surface area contributed by atoms with Gasteiger partial charge < -0.3 is 33.6 Å². The summed E-state index contributed by atoms with van der Waals surface area (Å²) in [5.41, 5.74) is 2.34. The normalized spacial score (nSPS) is 10.7. The first-order valence-corrected chi connectivity index (χ1v) is 15.0. The number of hydrogen-bond donors (Lipinski definition) is 0. The Kier molecular flexibility index (Phi) is 11.7. The van der Waals surface area contributed by atoms with E-state index in [0.29, 0.717) is 0 Å². The molecule has 0 radical (unpaired) electrons. The van der Waals surface area contributed by atoms with Crippen molar-refractivity contribution in [3.05, 3.63) is 133 Å². The molecule has 5 heteroatoms. The first kappa shape index (κ1) is 34.5. The molecule has 2 aromatic heterocycles. The van der Waals surface area contributed by atoms with Crippen LogP contribution < -0.4 is 24.8 Å². The van der Waals surface area contributed by atoms with Crippen LogP contribution in [0.15, 0.2) is 130 Å².